The number of ether oxygens (including phenoxy) is 1. The summed E-state index contributed by atoms with van der Waals surface area (Å²) in [7, 11) is 1.51. The van der Waals surface area contributed by atoms with E-state index < -0.39 is 0 Å². The fourth-order valence-corrected chi connectivity index (χ4v) is 4.85. The van der Waals surface area contributed by atoms with Crippen molar-refractivity contribution in [3.8, 4) is 0 Å². The maximum Gasteiger partial charge on any atom is 0.310 e. The Morgan fingerprint density at radius 2 is 1.30 bits per heavy atom. The third-order valence-corrected chi connectivity index (χ3v) is 6.25. The van der Waals surface area contributed by atoms with Crippen LogP contribution in [0.15, 0.2) is 91.0 Å². The molecule has 0 heterocycles. The summed E-state index contributed by atoms with van der Waals surface area (Å²) in [5.41, 5.74) is 3.76. The Hall–Kier alpha value is -2.91. The van der Waals surface area contributed by atoms with Gasteiger partial charge in [-0.2, -0.15) is 0 Å². The van der Waals surface area contributed by atoms with E-state index in [9.17, 15) is 4.79 Å². The highest BCUT2D eigenvalue weighted by Crippen LogP contribution is 2.43. The van der Waals surface area contributed by atoms with Crippen molar-refractivity contribution in [3.63, 3.8) is 0 Å². The van der Waals surface area contributed by atoms with Gasteiger partial charge >= 0.3 is 5.97 Å². The lowest BCUT2D eigenvalue weighted by atomic mass is 9.86. The van der Waals surface area contributed by atoms with Crippen molar-refractivity contribution < 1.29 is 9.53 Å². The number of rotatable bonds is 7. The van der Waals surface area contributed by atoms with Crippen molar-refractivity contribution in [1.29, 1.82) is 0 Å². The van der Waals surface area contributed by atoms with Gasteiger partial charge in [0, 0.05) is 19.1 Å². The average molecular weight is 400 g/mol. The predicted octanol–water partition coefficient (Wildman–Crippen LogP) is 5.42. The number of hydrogen-bond donors (Lipinski definition) is 0. The highest BCUT2D eigenvalue weighted by Gasteiger charge is 2.45. The van der Waals surface area contributed by atoms with E-state index in [1.165, 1.54) is 23.8 Å². The monoisotopic (exact) mass is 399 g/mol. The predicted molar refractivity (Wildman–Crippen MR) is 120 cm³/mol. The molecule has 0 N–H and O–H groups in total. The summed E-state index contributed by atoms with van der Waals surface area (Å²) in [6.07, 6.45) is 1.98. The molecule has 0 aromatic heterocycles. The second kappa shape index (κ2) is 9.73. The molecule has 1 saturated carbocycles. The van der Waals surface area contributed by atoms with Gasteiger partial charge in [0.2, 0.25) is 0 Å². The molecule has 3 aromatic carbocycles. The molecule has 3 aromatic rings. The van der Waals surface area contributed by atoms with E-state index in [4.69, 9.17) is 4.74 Å². The van der Waals surface area contributed by atoms with Crippen LogP contribution in [0.5, 0.6) is 0 Å². The van der Waals surface area contributed by atoms with E-state index in [0.29, 0.717) is 0 Å². The van der Waals surface area contributed by atoms with E-state index in [0.717, 1.165) is 25.9 Å². The van der Waals surface area contributed by atoms with Gasteiger partial charge in [0.1, 0.15) is 0 Å². The van der Waals surface area contributed by atoms with Gasteiger partial charge in [-0.15, -0.1) is 0 Å². The Morgan fingerprint density at radius 3 is 1.80 bits per heavy atom. The summed E-state index contributed by atoms with van der Waals surface area (Å²) < 4.78 is 5.30. The van der Waals surface area contributed by atoms with Gasteiger partial charge in [-0.05, 0) is 35.4 Å². The Labute approximate surface area is 179 Å². The van der Waals surface area contributed by atoms with Crippen LogP contribution in [0, 0.1) is 5.92 Å². The van der Waals surface area contributed by atoms with Crippen LogP contribution >= 0.6 is 0 Å². The SMILES string of the molecule is COC(=O)C1C(c2ccccc2)CCC1N(Cc1ccccc1)Cc1ccccc1. The first kappa shape index (κ1) is 20.4. The fraction of sp³-hybridized carbons (Fsp3) is 0.296. The summed E-state index contributed by atoms with van der Waals surface area (Å²) in [6, 6.07) is 31.6. The average Bonchev–Trinajstić information content (AvgIpc) is 3.25. The van der Waals surface area contributed by atoms with E-state index in [-0.39, 0.29) is 23.8 Å². The zero-order chi connectivity index (χ0) is 20.8. The van der Waals surface area contributed by atoms with Crippen molar-refractivity contribution in [2.75, 3.05) is 7.11 Å². The van der Waals surface area contributed by atoms with Crippen molar-refractivity contribution >= 4 is 5.97 Å². The Kier molecular flexibility index (Phi) is 6.60. The molecule has 0 saturated heterocycles. The van der Waals surface area contributed by atoms with Crippen LogP contribution in [-0.2, 0) is 22.6 Å². The summed E-state index contributed by atoms with van der Waals surface area (Å²) in [4.78, 5) is 15.4. The first-order chi connectivity index (χ1) is 14.8. The molecule has 0 aliphatic heterocycles. The molecule has 154 valence electrons. The summed E-state index contributed by atoms with van der Waals surface area (Å²) in [5.74, 6) is -0.0694. The van der Waals surface area contributed by atoms with E-state index in [1.54, 1.807) is 0 Å². The topological polar surface area (TPSA) is 29.5 Å². The highest BCUT2D eigenvalue weighted by atomic mass is 16.5. The smallest absolute Gasteiger partial charge is 0.310 e. The van der Waals surface area contributed by atoms with E-state index in [2.05, 4.69) is 77.7 Å². The second-order valence-electron chi connectivity index (χ2n) is 8.09. The number of benzene rings is 3. The maximum atomic E-state index is 13.0. The third-order valence-electron chi connectivity index (χ3n) is 6.25. The molecular formula is C27H29NO2. The van der Waals surface area contributed by atoms with Gasteiger partial charge in [0.15, 0.2) is 0 Å². The largest absolute Gasteiger partial charge is 0.469 e. The number of nitrogens with zero attached hydrogens (tertiary/aromatic N) is 1. The minimum absolute atomic E-state index is 0.0996. The van der Waals surface area contributed by atoms with Crippen LogP contribution in [0.3, 0.4) is 0 Å². The van der Waals surface area contributed by atoms with Crippen molar-refractivity contribution in [2.24, 2.45) is 5.92 Å². The standard InChI is InChI=1S/C27H29NO2/c1-30-27(29)26-24(23-15-9-4-10-16-23)17-18-25(26)28(19-21-11-5-2-6-12-21)20-22-13-7-3-8-14-22/h2-16,24-26H,17-20H2,1H3. The number of carbonyl (C=O) groups excluding carboxylic acids is 1. The molecule has 4 rings (SSSR count). The molecule has 3 heteroatoms. The lowest BCUT2D eigenvalue weighted by Gasteiger charge is -2.33. The second-order valence-corrected chi connectivity index (χ2v) is 8.09. The molecule has 0 radical (unpaired) electrons. The Morgan fingerprint density at radius 1 is 0.800 bits per heavy atom. The van der Waals surface area contributed by atoms with Crippen LogP contribution in [-0.4, -0.2) is 24.0 Å². The molecule has 30 heavy (non-hydrogen) atoms. The number of esters is 1. The fourth-order valence-electron chi connectivity index (χ4n) is 4.85. The summed E-state index contributed by atoms with van der Waals surface area (Å²) in [5, 5.41) is 0. The maximum absolute atomic E-state index is 13.0. The normalized spacial score (nSPS) is 20.9. The number of carbonyl (C=O) groups is 1. The van der Waals surface area contributed by atoms with Gasteiger partial charge in [-0.1, -0.05) is 91.0 Å². The van der Waals surface area contributed by atoms with Crippen LogP contribution in [0.1, 0.15) is 35.4 Å². The summed E-state index contributed by atoms with van der Waals surface area (Å²) in [6.45, 7) is 1.63. The van der Waals surface area contributed by atoms with Gasteiger partial charge in [0.05, 0.1) is 13.0 Å². The first-order valence-electron chi connectivity index (χ1n) is 10.7. The quantitative estimate of drug-likeness (QED) is 0.497. The van der Waals surface area contributed by atoms with Crippen molar-refractivity contribution in [3.05, 3.63) is 108 Å². The molecular weight excluding hydrogens is 370 g/mol. The molecule has 1 aliphatic carbocycles. The van der Waals surface area contributed by atoms with Gasteiger partial charge in [-0.25, -0.2) is 0 Å². The molecule has 0 amide bonds. The Bertz CT molecular complexity index is 885. The van der Waals surface area contributed by atoms with Crippen molar-refractivity contribution in [1.82, 2.24) is 4.90 Å². The lowest BCUT2D eigenvalue weighted by Crippen LogP contribution is -2.41. The molecule has 3 unspecified atom stereocenters. The van der Waals surface area contributed by atoms with Crippen LogP contribution in [0.2, 0.25) is 0 Å². The minimum atomic E-state index is -0.162. The molecule has 1 aliphatic rings. The zero-order valence-corrected chi connectivity index (χ0v) is 17.5. The van der Waals surface area contributed by atoms with Crippen molar-refractivity contribution in [2.45, 2.75) is 37.9 Å². The molecule has 3 nitrogen and oxygen atoms in total. The van der Waals surface area contributed by atoms with Gasteiger partial charge in [-0.3, -0.25) is 9.69 Å². The van der Waals surface area contributed by atoms with Crippen LogP contribution in [0.4, 0.5) is 0 Å². The van der Waals surface area contributed by atoms with Crippen LogP contribution in [0.25, 0.3) is 0 Å². The highest BCUT2D eigenvalue weighted by molar-refractivity contribution is 5.75. The first-order valence-corrected chi connectivity index (χ1v) is 10.7. The van der Waals surface area contributed by atoms with Crippen LogP contribution < -0.4 is 0 Å². The molecule has 3 atom stereocenters. The Balaban J connectivity index is 1.65. The molecule has 1 fully saturated rings. The number of hydrogen-bond acceptors (Lipinski definition) is 3. The van der Waals surface area contributed by atoms with Gasteiger partial charge in [0.25, 0.3) is 0 Å². The van der Waals surface area contributed by atoms with E-state index >= 15 is 0 Å². The zero-order valence-electron chi connectivity index (χ0n) is 17.5. The van der Waals surface area contributed by atoms with Gasteiger partial charge < -0.3 is 4.74 Å². The molecule has 0 bridgehead atoms. The third kappa shape index (κ3) is 4.63. The number of methoxy groups -OCH3 is 1. The lowest BCUT2D eigenvalue weighted by molar-refractivity contribution is -0.148. The minimum Gasteiger partial charge on any atom is -0.469 e. The summed E-state index contributed by atoms with van der Waals surface area (Å²) >= 11 is 0. The molecule has 0 spiro atoms. The van der Waals surface area contributed by atoms with E-state index in [1.807, 2.05) is 18.2 Å².